The van der Waals surface area contributed by atoms with Crippen LogP contribution in [0.1, 0.15) is 65.2 Å². The van der Waals surface area contributed by atoms with Crippen molar-refractivity contribution in [3.8, 4) is 11.5 Å². The zero-order valence-corrected chi connectivity index (χ0v) is 24.3. The molecule has 0 aromatic heterocycles. The molecule has 0 aliphatic carbocycles. The van der Waals surface area contributed by atoms with Crippen LogP contribution in [0.25, 0.3) is 21.5 Å². The molecule has 0 aliphatic heterocycles. The maximum atomic E-state index is 10.5. The van der Waals surface area contributed by atoms with Crippen LogP contribution >= 0.6 is 11.6 Å². The molecule has 3 aromatic carbocycles. The van der Waals surface area contributed by atoms with Crippen molar-refractivity contribution in [3.63, 3.8) is 0 Å². The van der Waals surface area contributed by atoms with E-state index >= 15 is 0 Å². The Balaban J connectivity index is 1.70. The van der Waals surface area contributed by atoms with E-state index in [4.69, 9.17) is 30.5 Å². The van der Waals surface area contributed by atoms with Gasteiger partial charge in [0, 0.05) is 39.8 Å². The zero-order valence-electron chi connectivity index (χ0n) is 23.5. The van der Waals surface area contributed by atoms with Crippen LogP contribution in [-0.4, -0.2) is 62.1 Å². The van der Waals surface area contributed by atoms with Crippen molar-refractivity contribution in [2.75, 3.05) is 39.6 Å². The molecule has 3 rings (SSSR count). The molecule has 7 heteroatoms. The lowest BCUT2D eigenvalue weighted by Crippen LogP contribution is -2.24. The van der Waals surface area contributed by atoms with Crippen LogP contribution < -0.4 is 9.47 Å². The lowest BCUT2D eigenvalue weighted by atomic mass is 10.0. The molecule has 0 saturated carbocycles. The summed E-state index contributed by atoms with van der Waals surface area (Å²) in [5, 5.41) is 24.9. The molecule has 2 atom stereocenters. The molecule has 0 fully saturated rings. The van der Waals surface area contributed by atoms with Crippen LogP contribution in [0.4, 0.5) is 0 Å². The average molecular weight is 561 g/mol. The Morgan fingerprint density at radius 3 is 1.62 bits per heavy atom. The van der Waals surface area contributed by atoms with E-state index in [9.17, 15) is 10.2 Å². The Hall–Kier alpha value is -2.09. The highest BCUT2D eigenvalue weighted by molar-refractivity contribution is 6.31. The van der Waals surface area contributed by atoms with E-state index in [2.05, 4.69) is 13.8 Å². The van der Waals surface area contributed by atoms with Crippen molar-refractivity contribution in [1.82, 2.24) is 0 Å². The first-order chi connectivity index (χ1) is 19.0. The minimum atomic E-state index is -0.753. The highest BCUT2D eigenvalue weighted by Crippen LogP contribution is 2.43. The van der Waals surface area contributed by atoms with Gasteiger partial charge in [-0.3, -0.25) is 0 Å². The van der Waals surface area contributed by atoms with Gasteiger partial charge in [0.05, 0.1) is 13.2 Å². The van der Waals surface area contributed by atoms with E-state index in [0.29, 0.717) is 29.7 Å². The third kappa shape index (κ3) is 10.1. The molecule has 6 nitrogen and oxygen atoms in total. The van der Waals surface area contributed by atoms with Crippen LogP contribution in [0.15, 0.2) is 42.5 Å². The molecule has 3 aromatic rings. The monoisotopic (exact) mass is 560 g/mol. The smallest absolute Gasteiger partial charge is 0.135 e. The summed E-state index contributed by atoms with van der Waals surface area (Å²) in [6.45, 7) is 6.29. The number of ether oxygens (including phenoxy) is 4. The fraction of sp³-hybridized carbons (Fsp3) is 0.562. The highest BCUT2D eigenvalue weighted by Gasteiger charge is 2.19. The topological polar surface area (TPSA) is 77.4 Å². The molecule has 0 heterocycles. The second kappa shape index (κ2) is 17.6. The lowest BCUT2D eigenvalue weighted by Gasteiger charge is -2.20. The van der Waals surface area contributed by atoms with E-state index in [0.717, 1.165) is 47.2 Å². The number of benzene rings is 3. The number of aliphatic hydroxyl groups is 2. The normalized spacial score (nSPS) is 13.2. The van der Waals surface area contributed by atoms with Gasteiger partial charge in [-0.2, -0.15) is 0 Å². The van der Waals surface area contributed by atoms with Gasteiger partial charge in [0.2, 0.25) is 0 Å². The quantitative estimate of drug-likeness (QED) is 0.111. The van der Waals surface area contributed by atoms with Crippen molar-refractivity contribution in [1.29, 1.82) is 0 Å². The molecule has 39 heavy (non-hydrogen) atoms. The second-order valence-electron chi connectivity index (χ2n) is 10.1. The summed E-state index contributed by atoms with van der Waals surface area (Å²) in [5.74, 6) is 1.29. The van der Waals surface area contributed by atoms with Crippen LogP contribution in [0, 0.1) is 0 Å². The van der Waals surface area contributed by atoms with Crippen LogP contribution in [0.3, 0.4) is 0 Å². The average Bonchev–Trinajstić information content (AvgIpc) is 2.94. The first-order valence-corrected chi connectivity index (χ1v) is 14.8. The maximum absolute atomic E-state index is 10.5. The van der Waals surface area contributed by atoms with Gasteiger partial charge < -0.3 is 29.2 Å². The third-order valence-electron chi connectivity index (χ3n) is 6.63. The van der Waals surface area contributed by atoms with E-state index in [1.165, 1.54) is 25.7 Å². The minimum absolute atomic E-state index is 0.0923. The second-order valence-corrected chi connectivity index (χ2v) is 10.5. The molecular formula is C32H45ClO6. The SMILES string of the molecule is CCCCCCOCC(O)COc1c2ccccc2c(OCC(O)COCCCCCC)c2cc(Cl)ccc12. The summed E-state index contributed by atoms with van der Waals surface area (Å²) >= 11 is 6.39. The van der Waals surface area contributed by atoms with Crippen molar-refractivity contribution in [3.05, 3.63) is 47.5 Å². The highest BCUT2D eigenvalue weighted by atomic mass is 35.5. The number of hydrogen-bond acceptors (Lipinski definition) is 6. The summed E-state index contributed by atoms with van der Waals surface area (Å²) in [5.41, 5.74) is 0. The molecule has 2 unspecified atom stereocenters. The maximum Gasteiger partial charge on any atom is 0.135 e. The van der Waals surface area contributed by atoms with Crippen molar-refractivity contribution >= 4 is 33.1 Å². The van der Waals surface area contributed by atoms with E-state index in [-0.39, 0.29) is 26.4 Å². The van der Waals surface area contributed by atoms with Crippen LogP contribution in [0.5, 0.6) is 11.5 Å². The van der Waals surface area contributed by atoms with E-state index < -0.39 is 12.2 Å². The molecule has 0 saturated heterocycles. The summed E-state index contributed by atoms with van der Waals surface area (Å²) in [4.78, 5) is 0. The third-order valence-corrected chi connectivity index (χ3v) is 6.87. The van der Waals surface area contributed by atoms with Crippen LogP contribution in [0.2, 0.25) is 5.02 Å². The first kappa shape index (κ1) is 31.4. The summed E-state index contributed by atoms with van der Waals surface area (Å²) in [6, 6.07) is 13.4. The number of unbranched alkanes of at least 4 members (excludes halogenated alkanes) is 6. The predicted molar refractivity (Wildman–Crippen MR) is 159 cm³/mol. The Morgan fingerprint density at radius 1 is 0.615 bits per heavy atom. The zero-order chi connectivity index (χ0) is 27.9. The molecule has 216 valence electrons. The molecular weight excluding hydrogens is 516 g/mol. The van der Waals surface area contributed by atoms with Gasteiger partial charge in [-0.25, -0.2) is 0 Å². The molecule has 0 spiro atoms. The van der Waals surface area contributed by atoms with E-state index in [1.54, 1.807) is 0 Å². The standard InChI is InChI=1S/C32H45ClO6/c1-3-5-7-11-17-36-20-25(34)22-38-31-27-13-9-10-14-28(27)32(30-19-24(33)15-16-29(30)31)39-23-26(35)21-37-18-12-8-6-4-2/h9-10,13-16,19,25-26,34-35H,3-8,11-12,17-18,20-23H2,1-2H3. The molecule has 0 radical (unpaired) electrons. The van der Waals surface area contributed by atoms with Gasteiger partial charge in [-0.15, -0.1) is 0 Å². The molecule has 0 bridgehead atoms. The number of hydrogen-bond donors (Lipinski definition) is 2. The van der Waals surface area contributed by atoms with Gasteiger partial charge in [-0.05, 0) is 31.0 Å². The van der Waals surface area contributed by atoms with Crippen molar-refractivity contribution in [2.24, 2.45) is 0 Å². The number of halogens is 1. The minimum Gasteiger partial charge on any atom is -0.489 e. The number of aliphatic hydroxyl groups excluding tert-OH is 2. The largest absolute Gasteiger partial charge is 0.489 e. The first-order valence-electron chi connectivity index (χ1n) is 14.5. The van der Waals surface area contributed by atoms with Gasteiger partial charge in [0.25, 0.3) is 0 Å². The number of rotatable bonds is 20. The lowest BCUT2D eigenvalue weighted by molar-refractivity contribution is 0.0111. The van der Waals surface area contributed by atoms with Gasteiger partial charge in [-0.1, -0.05) is 88.2 Å². The molecule has 2 N–H and O–H groups in total. The van der Waals surface area contributed by atoms with Crippen molar-refractivity contribution in [2.45, 2.75) is 77.4 Å². The summed E-state index contributed by atoms with van der Waals surface area (Å²) in [7, 11) is 0. The Labute approximate surface area is 238 Å². The number of fused-ring (bicyclic) bond motifs is 2. The van der Waals surface area contributed by atoms with Gasteiger partial charge >= 0.3 is 0 Å². The molecule has 0 amide bonds. The molecule has 0 aliphatic rings. The summed E-state index contributed by atoms with van der Waals surface area (Å²) in [6.07, 6.45) is 7.54. The Kier molecular flexibility index (Phi) is 14.2. The van der Waals surface area contributed by atoms with E-state index in [1.807, 2.05) is 42.5 Å². The Bertz CT molecular complexity index is 1120. The van der Waals surface area contributed by atoms with Gasteiger partial charge in [0.15, 0.2) is 0 Å². The Morgan fingerprint density at radius 2 is 1.10 bits per heavy atom. The van der Waals surface area contributed by atoms with Gasteiger partial charge in [0.1, 0.15) is 36.9 Å². The fourth-order valence-corrected chi connectivity index (χ4v) is 4.71. The summed E-state index contributed by atoms with van der Waals surface area (Å²) < 4.78 is 23.7. The van der Waals surface area contributed by atoms with Crippen molar-refractivity contribution < 1.29 is 29.2 Å². The predicted octanol–water partition coefficient (Wildman–Crippen LogP) is 7.32. The fourth-order valence-electron chi connectivity index (χ4n) is 4.54. The van der Waals surface area contributed by atoms with Crippen LogP contribution in [-0.2, 0) is 9.47 Å².